The molecule has 0 radical (unpaired) electrons. The highest BCUT2D eigenvalue weighted by Crippen LogP contribution is 2.18. The first-order valence-corrected chi connectivity index (χ1v) is 8.84. The van der Waals surface area contributed by atoms with Crippen molar-refractivity contribution in [2.75, 3.05) is 13.1 Å². The van der Waals surface area contributed by atoms with E-state index in [9.17, 15) is 4.79 Å². The zero-order valence-corrected chi connectivity index (χ0v) is 14.5. The number of piperidine rings is 1. The Morgan fingerprint density at radius 1 is 1.15 bits per heavy atom. The summed E-state index contributed by atoms with van der Waals surface area (Å²) in [6, 6.07) is 6.44. The molecule has 1 aromatic heterocycles. The highest BCUT2D eigenvalue weighted by Gasteiger charge is 2.17. The van der Waals surface area contributed by atoms with Crippen LogP contribution in [-0.4, -0.2) is 51.0 Å². The Bertz CT molecular complexity index is 739. The van der Waals surface area contributed by atoms with E-state index in [0.29, 0.717) is 23.5 Å². The van der Waals surface area contributed by atoms with Crippen LogP contribution in [0.4, 0.5) is 0 Å². The van der Waals surface area contributed by atoms with Crippen LogP contribution >= 0.6 is 0 Å². The predicted molar refractivity (Wildman–Crippen MR) is 97.1 cm³/mol. The molecule has 136 valence electrons. The van der Waals surface area contributed by atoms with Gasteiger partial charge in [0.25, 0.3) is 0 Å². The van der Waals surface area contributed by atoms with Crippen LogP contribution < -0.4 is 10.2 Å². The van der Waals surface area contributed by atoms with E-state index in [1.165, 1.54) is 6.20 Å². The van der Waals surface area contributed by atoms with Crippen molar-refractivity contribution in [3.05, 3.63) is 42.4 Å². The highest BCUT2D eigenvalue weighted by atomic mass is 16.5. The van der Waals surface area contributed by atoms with Crippen LogP contribution in [0.2, 0.25) is 0 Å². The average molecular weight is 355 g/mol. The lowest BCUT2D eigenvalue weighted by Crippen LogP contribution is -2.36. The molecule has 1 saturated heterocycles. The van der Waals surface area contributed by atoms with Gasteiger partial charge < -0.3 is 19.7 Å². The number of hydrogen-bond acceptors (Lipinski definition) is 6. The molecule has 8 heteroatoms. The quantitative estimate of drug-likeness (QED) is 0.717. The fourth-order valence-corrected chi connectivity index (χ4v) is 2.93. The maximum absolute atomic E-state index is 11.8. The molecular weight excluding hydrogens is 333 g/mol. The van der Waals surface area contributed by atoms with Crippen molar-refractivity contribution >= 4 is 18.5 Å². The van der Waals surface area contributed by atoms with Crippen LogP contribution in [0, 0.1) is 0 Å². The van der Waals surface area contributed by atoms with Crippen molar-refractivity contribution in [1.29, 1.82) is 0 Å². The fraction of sp³-hybridized carbons (Fsp3) is 0.389. The van der Waals surface area contributed by atoms with E-state index in [1.807, 2.05) is 4.90 Å². The molecule has 0 saturated carbocycles. The van der Waals surface area contributed by atoms with Gasteiger partial charge in [0.2, 0.25) is 11.8 Å². The number of ether oxygens (including phenoxy) is 1. The lowest BCUT2D eigenvalue weighted by molar-refractivity contribution is -0.133. The van der Waals surface area contributed by atoms with Crippen molar-refractivity contribution < 1.29 is 19.6 Å². The van der Waals surface area contributed by atoms with Gasteiger partial charge in [0.05, 0.1) is 11.9 Å². The van der Waals surface area contributed by atoms with Crippen molar-refractivity contribution in [3.63, 3.8) is 0 Å². The molecule has 1 aliphatic heterocycles. The number of carbonyl (C=O) groups is 1. The zero-order chi connectivity index (χ0) is 18.4. The largest absolute Gasteiger partial charge is 0.488 e. The summed E-state index contributed by atoms with van der Waals surface area (Å²) in [6.45, 7) is 1.60. The minimum Gasteiger partial charge on any atom is -0.437 e. The highest BCUT2D eigenvalue weighted by molar-refractivity contribution is 6.58. The lowest BCUT2D eigenvalue weighted by atomic mass is 9.80. The average Bonchev–Trinajstić information content (AvgIpc) is 2.64. The van der Waals surface area contributed by atoms with Crippen LogP contribution in [0.3, 0.4) is 0 Å². The minimum absolute atomic E-state index is 0.246. The fourth-order valence-electron chi connectivity index (χ4n) is 2.93. The van der Waals surface area contributed by atoms with Gasteiger partial charge in [-0.3, -0.25) is 9.78 Å². The van der Waals surface area contributed by atoms with Gasteiger partial charge in [0, 0.05) is 25.7 Å². The first-order chi connectivity index (χ1) is 12.6. The van der Waals surface area contributed by atoms with Gasteiger partial charge in [-0.05, 0) is 43.3 Å². The van der Waals surface area contributed by atoms with Crippen molar-refractivity contribution in [2.24, 2.45) is 0 Å². The molecule has 7 nitrogen and oxygen atoms in total. The number of carbonyl (C=O) groups excluding carboxylic acids is 1. The number of aryl methyl sites for hydroxylation is 1. The van der Waals surface area contributed by atoms with E-state index in [-0.39, 0.29) is 5.91 Å². The third-order valence-corrected chi connectivity index (χ3v) is 4.35. The van der Waals surface area contributed by atoms with E-state index in [2.05, 4.69) is 9.97 Å². The number of nitrogens with zero attached hydrogens (tertiary/aromatic N) is 3. The molecule has 1 aromatic carbocycles. The summed E-state index contributed by atoms with van der Waals surface area (Å²) in [5.41, 5.74) is 1.21. The molecule has 26 heavy (non-hydrogen) atoms. The SMILES string of the molecule is O=C1CCCCN1CCCc1cncc(Oc2ccc(B(O)O)cc2)n1. The third kappa shape index (κ3) is 5.03. The minimum atomic E-state index is -1.50. The normalized spacial score (nSPS) is 14.4. The number of rotatable bonds is 7. The van der Waals surface area contributed by atoms with Gasteiger partial charge in [0.15, 0.2) is 0 Å². The Kier molecular flexibility index (Phi) is 6.19. The first kappa shape index (κ1) is 18.3. The predicted octanol–water partition coefficient (Wildman–Crippen LogP) is 0.894. The molecule has 1 fully saturated rings. The first-order valence-electron chi connectivity index (χ1n) is 8.84. The molecule has 3 rings (SSSR count). The molecule has 0 bridgehead atoms. The van der Waals surface area contributed by atoms with Crippen LogP contribution in [-0.2, 0) is 11.2 Å². The smallest absolute Gasteiger partial charge is 0.437 e. The van der Waals surface area contributed by atoms with E-state index in [4.69, 9.17) is 14.8 Å². The number of benzene rings is 1. The molecule has 1 aliphatic rings. The molecule has 0 aliphatic carbocycles. The molecule has 0 atom stereocenters. The van der Waals surface area contributed by atoms with Crippen LogP contribution in [0.15, 0.2) is 36.7 Å². The van der Waals surface area contributed by atoms with E-state index < -0.39 is 7.12 Å². The molecule has 2 heterocycles. The summed E-state index contributed by atoms with van der Waals surface area (Å²) in [4.78, 5) is 22.3. The molecule has 0 spiro atoms. The Morgan fingerprint density at radius 2 is 1.96 bits per heavy atom. The number of amides is 1. The van der Waals surface area contributed by atoms with Gasteiger partial charge in [-0.15, -0.1) is 0 Å². The van der Waals surface area contributed by atoms with E-state index >= 15 is 0 Å². The Labute approximate surface area is 152 Å². The summed E-state index contributed by atoms with van der Waals surface area (Å²) in [5.74, 6) is 1.17. The monoisotopic (exact) mass is 355 g/mol. The van der Waals surface area contributed by atoms with Crippen molar-refractivity contribution in [3.8, 4) is 11.6 Å². The standard InChI is InChI=1S/C18H22BN3O4/c23-18-5-1-2-10-22(18)11-3-4-15-12-20-13-17(21-15)26-16-8-6-14(7-9-16)19(24)25/h6-9,12-13,24-25H,1-5,10-11H2. The second-order valence-electron chi connectivity index (χ2n) is 6.33. The van der Waals surface area contributed by atoms with Gasteiger partial charge in [-0.25, -0.2) is 4.98 Å². The lowest BCUT2D eigenvalue weighted by Gasteiger charge is -2.26. The molecule has 2 N–H and O–H groups in total. The van der Waals surface area contributed by atoms with Gasteiger partial charge in [-0.1, -0.05) is 12.1 Å². The summed E-state index contributed by atoms with van der Waals surface area (Å²) in [7, 11) is -1.50. The topological polar surface area (TPSA) is 95.8 Å². The van der Waals surface area contributed by atoms with Gasteiger partial charge in [-0.2, -0.15) is 0 Å². The van der Waals surface area contributed by atoms with Crippen molar-refractivity contribution in [1.82, 2.24) is 14.9 Å². The van der Waals surface area contributed by atoms with E-state index in [0.717, 1.165) is 44.5 Å². The third-order valence-electron chi connectivity index (χ3n) is 4.35. The van der Waals surface area contributed by atoms with Gasteiger partial charge in [0.1, 0.15) is 5.75 Å². The Hall–Kier alpha value is -2.45. The van der Waals surface area contributed by atoms with Crippen LogP contribution in [0.25, 0.3) is 0 Å². The second-order valence-corrected chi connectivity index (χ2v) is 6.33. The Morgan fingerprint density at radius 3 is 2.69 bits per heavy atom. The van der Waals surface area contributed by atoms with Gasteiger partial charge >= 0.3 is 7.12 Å². The number of aromatic nitrogens is 2. The maximum atomic E-state index is 11.8. The van der Waals surface area contributed by atoms with Crippen molar-refractivity contribution in [2.45, 2.75) is 32.1 Å². The summed E-state index contributed by atoms with van der Waals surface area (Å²) in [6.07, 6.45) is 7.55. The summed E-state index contributed by atoms with van der Waals surface area (Å²) < 4.78 is 5.67. The maximum Gasteiger partial charge on any atom is 0.488 e. The summed E-state index contributed by atoms with van der Waals surface area (Å²) in [5, 5.41) is 18.2. The van der Waals surface area contributed by atoms with Crippen LogP contribution in [0.1, 0.15) is 31.4 Å². The number of hydrogen-bond donors (Lipinski definition) is 2. The molecular formula is C18H22BN3O4. The van der Waals surface area contributed by atoms with E-state index in [1.54, 1.807) is 30.5 Å². The molecule has 1 amide bonds. The zero-order valence-electron chi connectivity index (χ0n) is 14.5. The Balaban J connectivity index is 1.53. The molecule has 2 aromatic rings. The number of likely N-dealkylation sites (tertiary alicyclic amines) is 1. The van der Waals surface area contributed by atoms with Crippen LogP contribution in [0.5, 0.6) is 11.6 Å². The second kappa shape index (κ2) is 8.78. The summed E-state index contributed by atoms with van der Waals surface area (Å²) >= 11 is 0. The molecule has 0 unspecified atom stereocenters.